The van der Waals surface area contributed by atoms with Crippen LogP contribution >= 0.6 is 61.6 Å². The third-order valence-electron chi connectivity index (χ3n) is 3.45. The van der Waals surface area contributed by atoms with Crippen molar-refractivity contribution in [2.24, 2.45) is 0 Å². The summed E-state index contributed by atoms with van der Waals surface area (Å²) in [5, 5.41) is 0.126. The third-order valence-corrected chi connectivity index (χ3v) is 9.33. The summed E-state index contributed by atoms with van der Waals surface area (Å²) in [4.78, 5) is 0. The Kier molecular flexibility index (Phi) is 11.4. The average molecular weight is 516 g/mol. The molecule has 0 saturated carbocycles. The fourth-order valence-electron chi connectivity index (χ4n) is 2.44. The van der Waals surface area contributed by atoms with E-state index < -0.39 is 15.2 Å². The molecule has 0 saturated heterocycles. The van der Waals surface area contributed by atoms with Gasteiger partial charge in [-0.3, -0.25) is 9.13 Å². The highest BCUT2D eigenvalue weighted by Gasteiger charge is 2.33. The average Bonchev–Trinajstić information content (AvgIpc) is 2.62. The molecule has 0 unspecified atom stereocenters. The van der Waals surface area contributed by atoms with E-state index in [1.807, 2.05) is 0 Å². The highest BCUT2D eigenvalue weighted by atomic mass is 35.5. The van der Waals surface area contributed by atoms with Gasteiger partial charge in [0.1, 0.15) is 0 Å². The van der Waals surface area contributed by atoms with Gasteiger partial charge in [-0.2, -0.15) is 0 Å². The largest absolute Gasteiger partial charge is 0.335 e. The minimum Gasteiger partial charge on any atom is -0.309 e. The third kappa shape index (κ3) is 6.85. The van der Waals surface area contributed by atoms with Crippen LogP contribution in [0.4, 0.5) is 0 Å². The van der Waals surface area contributed by atoms with Crippen LogP contribution in [-0.2, 0) is 39.5 Å². The molecule has 0 aromatic heterocycles. The Morgan fingerprint density at radius 1 is 0.571 bits per heavy atom. The summed E-state index contributed by atoms with van der Waals surface area (Å²) in [6, 6.07) is 0. The van der Waals surface area contributed by atoms with Gasteiger partial charge in [0.15, 0.2) is 0 Å². The lowest BCUT2D eigenvalue weighted by molar-refractivity contribution is 0.218. The van der Waals surface area contributed by atoms with E-state index in [0.717, 1.165) is 0 Å². The van der Waals surface area contributed by atoms with E-state index in [1.54, 1.807) is 27.7 Å². The normalized spacial score (nSPS) is 12.6. The molecule has 0 amide bonds. The lowest BCUT2D eigenvalue weighted by atomic mass is 10.1. The fraction of sp³-hybridized carbons (Fsp3) is 0.625. The summed E-state index contributed by atoms with van der Waals surface area (Å²) in [6.45, 7) is 7.45. The topological polar surface area (TPSA) is 71.1 Å². The van der Waals surface area contributed by atoms with Crippen molar-refractivity contribution in [1.82, 2.24) is 0 Å². The lowest BCUT2D eigenvalue weighted by Gasteiger charge is -2.23. The van der Waals surface area contributed by atoms with Gasteiger partial charge < -0.3 is 18.1 Å². The Balaban J connectivity index is 3.49. The van der Waals surface area contributed by atoms with Crippen LogP contribution in [0, 0.1) is 0 Å². The van der Waals surface area contributed by atoms with Crippen LogP contribution in [0.15, 0.2) is 0 Å². The van der Waals surface area contributed by atoms with E-state index in [0.29, 0.717) is 0 Å². The van der Waals surface area contributed by atoms with Gasteiger partial charge in [0, 0.05) is 11.1 Å². The summed E-state index contributed by atoms with van der Waals surface area (Å²) < 4.78 is 47.1. The lowest BCUT2D eigenvalue weighted by Crippen LogP contribution is -2.05. The summed E-state index contributed by atoms with van der Waals surface area (Å²) in [6.07, 6.45) is -0.437. The molecule has 0 N–H and O–H groups in total. The molecule has 0 radical (unpaired) electrons. The monoisotopic (exact) mass is 514 g/mol. The fourth-order valence-corrected chi connectivity index (χ4v) is 7.52. The second-order valence-corrected chi connectivity index (χ2v) is 11.0. The van der Waals surface area contributed by atoms with E-state index >= 15 is 0 Å². The van der Waals surface area contributed by atoms with Crippen molar-refractivity contribution in [3.63, 3.8) is 0 Å². The van der Waals surface area contributed by atoms with Crippen LogP contribution in [0.2, 0.25) is 20.1 Å². The first-order valence-electron chi connectivity index (χ1n) is 8.67. The van der Waals surface area contributed by atoms with Gasteiger partial charge in [0.05, 0.1) is 58.8 Å². The number of rotatable bonds is 12. The molecule has 1 aromatic rings. The first-order valence-corrected chi connectivity index (χ1v) is 13.6. The molecule has 0 heterocycles. The standard InChI is InChI=1S/C16H24Cl4O6P2/c1-5-23-27(21,24-6-2)9-11-13(17)12(15(19)16(20)14(11)18)10-28(22,25-7-3)26-8-4/h5-10H2,1-4H3. The molecule has 0 aliphatic heterocycles. The molecule has 0 aliphatic carbocycles. The van der Waals surface area contributed by atoms with E-state index in [2.05, 4.69) is 0 Å². The van der Waals surface area contributed by atoms with E-state index in [1.165, 1.54) is 0 Å². The molecule has 0 fully saturated rings. The Bertz CT molecular complexity index is 695. The van der Waals surface area contributed by atoms with Gasteiger partial charge >= 0.3 is 15.2 Å². The minimum absolute atomic E-state index is 0.00294. The van der Waals surface area contributed by atoms with E-state index in [9.17, 15) is 9.13 Å². The SMILES string of the molecule is CCOP(=O)(Cc1c(Cl)c(Cl)c(Cl)c(CP(=O)(OCC)OCC)c1Cl)OCC. The predicted octanol–water partition coefficient (Wildman–Crippen LogP) is 7.83. The molecule has 6 nitrogen and oxygen atoms in total. The first-order chi connectivity index (χ1) is 13.1. The van der Waals surface area contributed by atoms with Crippen molar-refractivity contribution < 1.29 is 27.2 Å². The van der Waals surface area contributed by atoms with Crippen molar-refractivity contribution in [3.8, 4) is 0 Å². The van der Waals surface area contributed by atoms with E-state index in [-0.39, 0.29) is 70.0 Å². The zero-order valence-electron chi connectivity index (χ0n) is 16.1. The highest BCUT2D eigenvalue weighted by molar-refractivity contribution is 7.53. The molecule has 12 heteroatoms. The molecule has 0 atom stereocenters. The van der Waals surface area contributed by atoms with Crippen molar-refractivity contribution in [3.05, 3.63) is 31.2 Å². The molecular weight excluding hydrogens is 492 g/mol. The highest BCUT2D eigenvalue weighted by Crippen LogP contribution is 2.58. The van der Waals surface area contributed by atoms with Crippen molar-refractivity contribution in [2.45, 2.75) is 40.0 Å². The zero-order valence-corrected chi connectivity index (χ0v) is 20.9. The Morgan fingerprint density at radius 2 is 0.857 bits per heavy atom. The van der Waals surface area contributed by atoms with Crippen molar-refractivity contribution in [1.29, 1.82) is 0 Å². The van der Waals surface area contributed by atoms with Crippen LogP contribution < -0.4 is 0 Å². The van der Waals surface area contributed by atoms with Gasteiger partial charge in [-0.1, -0.05) is 46.4 Å². The van der Waals surface area contributed by atoms with Crippen molar-refractivity contribution in [2.75, 3.05) is 26.4 Å². The van der Waals surface area contributed by atoms with Gasteiger partial charge in [-0.05, 0) is 27.7 Å². The minimum atomic E-state index is -3.53. The van der Waals surface area contributed by atoms with E-state index in [4.69, 9.17) is 64.5 Å². The molecule has 0 aliphatic rings. The van der Waals surface area contributed by atoms with Gasteiger partial charge in [0.2, 0.25) is 0 Å². The van der Waals surface area contributed by atoms with Crippen molar-refractivity contribution >= 4 is 61.6 Å². The number of halogens is 4. The molecular formula is C16H24Cl4O6P2. The second-order valence-electron chi connectivity index (χ2n) is 5.42. The summed E-state index contributed by atoms with van der Waals surface area (Å²) in [5.41, 5.74) is 0.468. The second kappa shape index (κ2) is 11.9. The quantitative estimate of drug-likeness (QED) is 0.160. The van der Waals surface area contributed by atoms with Gasteiger partial charge in [-0.15, -0.1) is 0 Å². The number of benzene rings is 1. The Hall–Kier alpha value is 0.680. The summed E-state index contributed by atoms with van der Waals surface area (Å²) >= 11 is 25.4. The van der Waals surface area contributed by atoms with Crippen LogP contribution in [0.5, 0.6) is 0 Å². The smallest absolute Gasteiger partial charge is 0.309 e. The molecule has 0 bridgehead atoms. The first kappa shape index (κ1) is 26.7. The maximum absolute atomic E-state index is 12.9. The molecule has 1 rings (SSSR count). The van der Waals surface area contributed by atoms with Crippen LogP contribution in [-0.4, -0.2) is 26.4 Å². The van der Waals surface area contributed by atoms with Gasteiger partial charge in [-0.25, -0.2) is 0 Å². The number of hydrogen-bond acceptors (Lipinski definition) is 6. The van der Waals surface area contributed by atoms with Crippen LogP contribution in [0.3, 0.4) is 0 Å². The molecule has 1 aromatic carbocycles. The number of hydrogen-bond donors (Lipinski definition) is 0. The molecule has 28 heavy (non-hydrogen) atoms. The summed E-state index contributed by atoms with van der Waals surface area (Å²) in [5.74, 6) is 0. The Labute approximate surface area is 186 Å². The van der Waals surface area contributed by atoms with Gasteiger partial charge in [0.25, 0.3) is 0 Å². The van der Waals surface area contributed by atoms with Crippen LogP contribution in [0.1, 0.15) is 38.8 Å². The maximum atomic E-state index is 12.9. The molecule has 0 spiro atoms. The molecule has 162 valence electrons. The maximum Gasteiger partial charge on any atom is 0.335 e. The Morgan fingerprint density at radius 3 is 1.11 bits per heavy atom. The van der Waals surface area contributed by atoms with Crippen LogP contribution in [0.25, 0.3) is 0 Å². The summed E-state index contributed by atoms with van der Waals surface area (Å²) in [7, 11) is -7.06. The zero-order chi connectivity index (χ0) is 21.5. The predicted molar refractivity (Wildman–Crippen MR) is 116 cm³/mol.